The van der Waals surface area contributed by atoms with E-state index in [0.29, 0.717) is 42.8 Å². The Balaban J connectivity index is 1.61. The molecule has 3 N–H and O–H groups in total. The van der Waals surface area contributed by atoms with Crippen molar-refractivity contribution in [2.45, 2.75) is 51.6 Å². The van der Waals surface area contributed by atoms with Gasteiger partial charge in [-0.2, -0.15) is 0 Å². The van der Waals surface area contributed by atoms with E-state index >= 15 is 0 Å². The van der Waals surface area contributed by atoms with Crippen LogP contribution in [0.1, 0.15) is 37.1 Å². The third kappa shape index (κ3) is 4.73. The van der Waals surface area contributed by atoms with Crippen LogP contribution in [0.15, 0.2) is 22.7 Å². The van der Waals surface area contributed by atoms with Crippen molar-refractivity contribution in [3.63, 3.8) is 0 Å². The van der Waals surface area contributed by atoms with Crippen molar-refractivity contribution < 1.29 is 22.5 Å². The molecule has 2 aromatic rings. The average molecular weight is 447 g/mol. The van der Waals surface area contributed by atoms with Gasteiger partial charge in [0.05, 0.1) is 28.6 Å². The molecular weight excluding hydrogens is 420 g/mol. The van der Waals surface area contributed by atoms with Gasteiger partial charge in [-0.3, -0.25) is 9.59 Å². The number of sulfone groups is 1. The molecule has 2 amide bonds. The normalized spacial score (nSPS) is 21.0. The summed E-state index contributed by atoms with van der Waals surface area (Å²) in [6.45, 7) is 3.68. The first-order valence-electron chi connectivity index (χ1n) is 10.4. The zero-order valence-corrected chi connectivity index (χ0v) is 18.3. The van der Waals surface area contributed by atoms with Gasteiger partial charge in [-0.15, -0.1) is 0 Å². The molecule has 1 atom stereocenters. The van der Waals surface area contributed by atoms with E-state index < -0.39 is 15.9 Å². The number of aromatic nitrogens is 1. The number of hydrogen-bond acceptors (Lipinski definition) is 7. The van der Waals surface area contributed by atoms with Crippen LogP contribution in [0.2, 0.25) is 0 Å². The SMILES string of the molecule is Cc1noc(C)c1-c1ccc(NC2CCS(=O)(=O)CC2)c(NC(=O)C2CCC(=O)N2)c1. The number of rotatable bonds is 5. The molecule has 10 heteroatoms. The quantitative estimate of drug-likeness (QED) is 0.641. The van der Waals surface area contributed by atoms with Gasteiger partial charge in [-0.1, -0.05) is 11.2 Å². The fraction of sp³-hybridized carbons (Fsp3) is 0.476. The zero-order valence-electron chi connectivity index (χ0n) is 17.5. The summed E-state index contributed by atoms with van der Waals surface area (Å²) in [5.41, 5.74) is 3.73. The zero-order chi connectivity index (χ0) is 22.2. The van der Waals surface area contributed by atoms with Crippen LogP contribution in [0.3, 0.4) is 0 Å². The molecule has 4 rings (SSSR count). The third-order valence-corrected chi connectivity index (χ3v) is 7.54. The maximum Gasteiger partial charge on any atom is 0.247 e. The van der Waals surface area contributed by atoms with Crippen molar-refractivity contribution >= 4 is 33.0 Å². The van der Waals surface area contributed by atoms with Gasteiger partial charge in [0.25, 0.3) is 0 Å². The fourth-order valence-electron chi connectivity index (χ4n) is 4.11. The Bertz CT molecular complexity index is 1090. The summed E-state index contributed by atoms with van der Waals surface area (Å²) >= 11 is 0. The van der Waals surface area contributed by atoms with E-state index in [2.05, 4.69) is 21.1 Å². The predicted octanol–water partition coefficient (Wildman–Crippen LogP) is 2.16. The minimum atomic E-state index is -2.97. The highest BCUT2D eigenvalue weighted by atomic mass is 32.2. The Morgan fingerprint density at radius 1 is 1.16 bits per heavy atom. The van der Waals surface area contributed by atoms with E-state index in [0.717, 1.165) is 16.8 Å². The van der Waals surface area contributed by atoms with Crippen molar-refractivity contribution in [1.29, 1.82) is 0 Å². The van der Waals surface area contributed by atoms with Gasteiger partial charge in [-0.05, 0) is 50.8 Å². The molecule has 0 radical (unpaired) electrons. The molecule has 166 valence electrons. The summed E-state index contributed by atoms with van der Waals surface area (Å²) in [6.07, 6.45) is 1.82. The van der Waals surface area contributed by atoms with Gasteiger partial charge < -0.3 is 20.5 Å². The highest BCUT2D eigenvalue weighted by molar-refractivity contribution is 7.91. The molecule has 0 spiro atoms. The van der Waals surface area contributed by atoms with Gasteiger partial charge in [0.2, 0.25) is 11.8 Å². The van der Waals surface area contributed by atoms with Crippen molar-refractivity contribution in [3.05, 3.63) is 29.7 Å². The monoisotopic (exact) mass is 446 g/mol. The number of benzene rings is 1. The van der Waals surface area contributed by atoms with Crippen molar-refractivity contribution in [1.82, 2.24) is 10.5 Å². The second-order valence-corrected chi connectivity index (χ2v) is 10.5. The molecule has 2 aliphatic heterocycles. The smallest absolute Gasteiger partial charge is 0.247 e. The Hall–Kier alpha value is -2.88. The lowest BCUT2D eigenvalue weighted by Crippen LogP contribution is -2.37. The predicted molar refractivity (Wildman–Crippen MR) is 117 cm³/mol. The van der Waals surface area contributed by atoms with Crippen LogP contribution in [0.5, 0.6) is 0 Å². The van der Waals surface area contributed by atoms with Crippen molar-refractivity contribution in [3.8, 4) is 11.1 Å². The Labute approximate surface area is 180 Å². The molecule has 9 nitrogen and oxygen atoms in total. The van der Waals surface area contributed by atoms with Crippen LogP contribution in [0, 0.1) is 13.8 Å². The summed E-state index contributed by atoms with van der Waals surface area (Å²) in [4.78, 5) is 24.3. The third-order valence-electron chi connectivity index (χ3n) is 5.83. The first-order chi connectivity index (χ1) is 14.7. The molecule has 2 aliphatic rings. The molecule has 1 aromatic carbocycles. The number of carbonyl (C=O) groups excluding carboxylic acids is 2. The van der Waals surface area contributed by atoms with Crippen LogP contribution in [0.25, 0.3) is 11.1 Å². The summed E-state index contributed by atoms with van der Waals surface area (Å²) < 4.78 is 28.8. The van der Waals surface area contributed by atoms with Crippen LogP contribution in [0.4, 0.5) is 11.4 Å². The highest BCUT2D eigenvalue weighted by Crippen LogP contribution is 2.34. The minimum absolute atomic E-state index is 0.00438. The molecule has 1 aromatic heterocycles. The number of aryl methyl sites for hydroxylation is 2. The second-order valence-electron chi connectivity index (χ2n) is 8.18. The topological polar surface area (TPSA) is 130 Å². The number of anilines is 2. The van der Waals surface area contributed by atoms with E-state index in [1.54, 1.807) is 0 Å². The average Bonchev–Trinajstić information content (AvgIpc) is 3.30. The highest BCUT2D eigenvalue weighted by Gasteiger charge is 2.29. The summed E-state index contributed by atoms with van der Waals surface area (Å²) in [5, 5.41) is 13.0. The van der Waals surface area contributed by atoms with Crippen LogP contribution in [-0.4, -0.2) is 49.0 Å². The lowest BCUT2D eigenvalue weighted by molar-refractivity contribution is -0.122. The van der Waals surface area contributed by atoms with Gasteiger partial charge in [0.15, 0.2) is 0 Å². The van der Waals surface area contributed by atoms with Crippen LogP contribution < -0.4 is 16.0 Å². The van der Waals surface area contributed by atoms with E-state index in [1.807, 2.05) is 32.0 Å². The molecular formula is C21H26N4O5S. The standard InChI is InChI=1S/C21H26N4O5S/c1-12-20(13(2)30-25-12)14-3-4-16(22-15-7-9-31(28,29)10-8-15)18(11-14)24-21(27)17-5-6-19(26)23-17/h3-4,11,15,17,22H,5-10H2,1-2H3,(H,23,26)(H,24,27). The number of nitrogens with one attached hydrogen (secondary N) is 3. The maximum atomic E-state index is 12.8. The molecule has 0 saturated carbocycles. The van der Waals surface area contributed by atoms with Gasteiger partial charge in [-0.25, -0.2) is 8.42 Å². The number of nitrogens with zero attached hydrogens (tertiary/aromatic N) is 1. The van der Waals surface area contributed by atoms with E-state index in [4.69, 9.17) is 4.52 Å². The first kappa shape index (κ1) is 21.4. The molecule has 2 fully saturated rings. The van der Waals surface area contributed by atoms with Crippen LogP contribution >= 0.6 is 0 Å². The van der Waals surface area contributed by atoms with E-state index in [1.165, 1.54) is 0 Å². The Kier molecular flexibility index (Phi) is 5.74. The summed E-state index contributed by atoms with van der Waals surface area (Å²) in [5.74, 6) is 0.563. The van der Waals surface area contributed by atoms with Gasteiger partial charge in [0, 0.05) is 18.0 Å². The fourth-order valence-corrected chi connectivity index (χ4v) is 5.60. The Morgan fingerprint density at radius 2 is 1.90 bits per heavy atom. The largest absolute Gasteiger partial charge is 0.381 e. The Morgan fingerprint density at radius 3 is 2.52 bits per heavy atom. The molecule has 0 bridgehead atoms. The van der Waals surface area contributed by atoms with Crippen LogP contribution in [-0.2, 0) is 19.4 Å². The van der Waals surface area contributed by atoms with Crippen molar-refractivity contribution in [2.75, 3.05) is 22.1 Å². The van der Waals surface area contributed by atoms with Gasteiger partial charge in [0.1, 0.15) is 21.6 Å². The van der Waals surface area contributed by atoms with Gasteiger partial charge >= 0.3 is 0 Å². The maximum absolute atomic E-state index is 12.8. The molecule has 1 unspecified atom stereocenters. The summed E-state index contributed by atoms with van der Waals surface area (Å²) in [7, 11) is -2.97. The lowest BCUT2D eigenvalue weighted by atomic mass is 10.0. The van der Waals surface area contributed by atoms with E-state index in [9.17, 15) is 18.0 Å². The summed E-state index contributed by atoms with van der Waals surface area (Å²) in [6, 6.07) is 5.07. The lowest BCUT2D eigenvalue weighted by Gasteiger charge is -2.26. The number of hydrogen-bond donors (Lipinski definition) is 3. The molecule has 31 heavy (non-hydrogen) atoms. The number of amides is 2. The number of carbonyl (C=O) groups is 2. The van der Waals surface area contributed by atoms with E-state index in [-0.39, 0.29) is 29.4 Å². The van der Waals surface area contributed by atoms with Crippen molar-refractivity contribution in [2.24, 2.45) is 0 Å². The molecule has 3 heterocycles. The molecule has 0 aliphatic carbocycles. The molecule has 2 saturated heterocycles. The second kappa shape index (κ2) is 8.33. The minimum Gasteiger partial charge on any atom is -0.381 e. The first-order valence-corrected chi connectivity index (χ1v) is 12.2.